The van der Waals surface area contributed by atoms with E-state index in [-0.39, 0.29) is 5.91 Å². The van der Waals surface area contributed by atoms with Crippen LogP contribution in [-0.4, -0.2) is 26.9 Å². The van der Waals surface area contributed by atoms with Crippen molar-refractivity contribution in [3.05, 3.63) is 36.0 Å². The topological polar surface area (TPSA) is 94.7 Å². The van der Waals surface area contributed by atoms with E-state index >= 15 is 0 Å². The summed E-state index contributed by atoms with van der Waals surface area (Å²) in [6.07, 6.45) is 4.65. The van der Waals surface area contributed by atoms with Crippen LogP contribution in [0.5, 0.6) is 0 Å². The second kappa shape index (κ2) is 4.95. The Morgan fingerprint density at radius 2 is 2.08 bits per heavy atom. The normalized spacial score (nSPS) is 16.1. The first-order valence-electron chi connectivity index (χ1n) is 8.06. The lowest BCUT2D eigenvalue weighted by Crippen LogP contribution is -2.06. The molecule has 1 amide bonds. The molecule has 120 valence electrons. The van der Waals surface area contributed by atoms with E-state index in [9.17, 15) is 4.79 Å². The minimum atomic E-state index is 0.0297. The van der Waals surface area contributed by atoms with Gasteiger partial charge in [0, 0.05) is 23.6 Å². The summed E-state index contributed by atoms with van der Waals surface area (Å²) in [5.74, 6) is 1.41. The van der Waals surface area contributed by atoms with Crippen molar-refractivity contribution >= 4 is 40.1 Å². The standard InChI is InChI=1S/C17H16N6O/c24-14-8-9-7-11(3-4-13(9)21-14)20-17-22-15-12(5-6-18-15)16(23-17)19-10-1-2-10/h3-7,10H,1-2,8H2,(H,21,24)(H3,18,19,20,22,23). The van der Waals surface area contributed by atoms with Gasteiger partial charge in [-0.1, -0.05) is 0 Å². The minimum Gasteiger partial charge on any atom is -0.367 e. The Labute approximate surface area is 137 Å². The van der Waals surface area contributed by atoms with Crippen LogP contribution in [0, 0.1) is 0 Å². The van der Waals surface area contributed by atoms with Crippen molar-refractivity contribution in [2.75, 3.05) is 16.0 Å². The summed E-state index contributed by atoms with van der Waals surface area (Å²) in [7, 11) is 0. The average Bonchev–Trinajstić information content (AvgIpc) is 3.10. The van der Waals surface area contributed by atoms with Gasteiger partial charge >= 0.3 is 0 Å². The molecule has 1 aliphatic heterocycles. The van der Waals surface area contributed by atoms with Gasteiger partial charge < -0.3 is 20.9 Å². The number of rotatable bonds is 4. The van der Waals surface area contributed by atoms with E-state index < -0.39 is 0 Å². The molecule has 0 spiro atoms. The molecule has 7 heteroatoms. The van der Waals surface area contributed by atoms with Gasteiger partial charge in [-0.15, -0.1) is 0 Å². The van der Waals surface area contributed by atoms with E-state index in [0.29, 0.717) is 18.4 Å². The number of aromatic amines is 1. The third-order valence-electron chi connectivity index (χ3n) is 4.32. The molecule has 1 aromatic carbocycles. The summed E-state index contributed by atoms with van der Waals surface area (Å²) in [5.41, 5.74) is 3.53. The van der Waals surface area contributed by atoms with Gasteiger partial charge in [0.15, 0.2) is 0 Å². The van der Waals surface area contributed by atoms with Crippen molar-refractivity contribution < 1.29 is 4.79 Å². The number of amides is 1. The predicted octanol–water partition coefficient (Wildman–Crippen LogP) is 2.77. The smallest absolute Gasteiger partial charge is 0.231 e. The number of carbonyl (C=O) groups excluding carboxylic acids is 1. The van der Waals surface area contributed by atoms with E-state index in [2.05, 4.69) is 30.9 Å². The summed E-state index contributed by atoms with van der Waals surface area (Å²) in [4.78, 5) is 23.8. The van der Waals surface area contributed by atoms with Gasteiger partial charge in [0.2, 0.25) is 11.9 Å². The quantitative estimate of drug-likeness (QED) is 0.593. The number of nitrogens with one attached hydrogen (secondary N) is 4. The molecular weight excluding hydrogens is 304 g/mol. The lowest BCUT2D eigenvalue weighted by molar-refractivity contribution is -0.115. The number of hydrogen-bond donors (Lipinski definition) is 4. The summed E-state index contributed by atoms with van der Waals surface area (Å²) >= 11 is 0. The molecule has 0 saturated heterocycles. The van der Waals surface area contributed by atoms with E-state index in [1.807, 2.05) is 30.5 Å². The maximum atomic E-state index is 11.5. The first kappa shape index (κ1) is 13.4. The molecule has 1 aliphatic carbocycles. The van der Waals surface area contributed by atoms with Crippen LogP contribution in [0.15, 0.2) is 30.5 Å². The van der Waals surface area contributed by atoms with Crippen LogP contribution in [-0.2, 0) is 11.2 Å². The van der Waals surface area contributed by atoms with Gasteiger partial charge in [-0.25, -0.2) is 0 Å². The Morgan fingerprint density at radius 3 is 2.96 bits per heavy atom. The van der Waals surface area contributed by atoms with Crippen LogP contribution < -0.4 is 16.0 Å². The lowest BCUT2D eigenvalue weighted by Gasteiger charge is -2.10. The average molecular weight is 320 g/mol. The number of nitrogens with zero attached hydrogens (tertiary/aromatic N) is 2. The molecule has 2 aliphatic rings. The molecular formula is C17H16N6O. The molecule has 0 unspecified atom stereocenters. The van der Waals surface area contributed by atoms with E-state index in [4.69, 9.17) is 0 Å². The summed E-state index contributed by atoms with van der Waals surface area (Å²) in [6.45, 7) is 0. The summed E-state index contributed by atoms with van der Waals surface area (Å²) in [5, 5.41) is 10.5. The molecule has 5 rings (SSSR count). The number of aromatic nitrogens is 3. The van der Waals surface area contributed by atoms with Crippen LogP contribution in [0.4, 0.5) is 23.1 Å². The minimum absolute atomic E-state index is 0.0297. The van der Waals surface area contributed by atoms with Crippen molar-refractivity contribution in [1.29, 1.82) is 0 Å². The fourth-order valence-electron chi connectivity index (χ4n) is 2.96. The highest BCUT2D eigenvalue weighted by atomic mass is 16.1. The number of anilines is 4. The van der Waals surface area contributed by atoms with Crippen molar-refractivity contribution in [3.8, 4) is 0 Å². The van der Waals surface area contributed by atoms with E-state index in [1.54, 1.807) is 0 Å². The number of hydrogen-bond acceptors (Lipinski definition) is 5. The van der Waals surface area contributed by atoms with Crippen molar-refractivity contribution in [2.45, 2.75) is 25.3 Å². The Balaban J connectivity index is 1.48. The molecule has 2 aromatic heterocycles. The summed E-state index contributed by atoms with van der Waals surface area (Å²) in [6, 6.07) is 8.28. The highest BCUT2D eigenvalue weighted by Crippen LogP contribution is 2.30. The second-order valence-corrected chi connectivity index (χ2v) is 6.28. The predicted molar refractivity (Wildman–Crippen MR) is 92.6 cm³/mol. The number of carbonyl (C=O) groups is 1. The Hall–Kier alpha value is -3.09. The Kier molecular flexibility index (Phi) is 2.76. The third kappa shape index (κ3) is 2.34. The molecule has 0 bridgehead atoms. The summed E-state index contributed by atoms with van der Waals surface area (Å²) < 4.78 is 0. The van der Waals surface area contributed by atoms with Gasteiger partial charge in [-0.3, -0.25) is 4.79 Å². The van der Waals surface area contributed by atoms with Gasteiger partial charge in [0.25, 0.3) is 0 Å². The zero-order chi connectivity index (χ0) is 16.1. The molecule has 7 nitrogen and oxygen atoms in total. The molecule has 0 radical (unpaired) electrons. The molecule has 0 atom stereocenters. The lowest BCUT2D eigenvalue weighted by atomic mass is 10.1. The molecule has 1 fully saturated rings. The molecule has 4 N–H and O–H groups in total. The Morgan fingerprint density at radius 1 is 1.17 bits per heavy atom. The van der Waals surface area contributed by atoms with Crippen molar-refractivity contribution in [1.82, 2.24) is 15.0 Å². The van der Waals surface area contributed by atoms with Gasteiger partial charge in [0.1, 0.15) is 11.5 Å². The van der Waals surface area contributed by atoms with Crippen molar-refractivity contribution in [2.24, 2.45) is 0 Å². The molecule has 24 heavy (non-hydrogen) atoms. The number of benzene rings is 1. The highest BCUT2D eigenvalue weighted by molar-refractivity contribution is 5.99. The first-order valence-corrected chi connectivity index (χ1v) is 8.06. The van der Waals surface area contributed by atoms with E-state index in [1.165, 1.54) is 12.8 Å². The van der Waals surface area contributed by atoms with Crippen LogP contribution >= 0.6 is 0 Å². The van der Waals surface area contributed by atoms with Crippen LogP contribution in [0.25, 0.3) is 11.0 Å². The number of H-pyrrole nitrogens is 1. The number of fused-ring (bicyclic) bond motifs is 2. The van der Waals surface area contributed by atoms with E-state index in [0.717, 1.165) is 33.8 Å². The van der Waals surface area contributed by atoms with Gasteiger partial charge in [-0.05, 0) is 42.7 Å². The second-order valence-electron chi connectivity index (χ2n) is 6.28. The molecule has 1 saturated carbocycles. The first-order chi connectivity index (χ1) is 11.7. The van der Waals surface area contributed by atoms with Crippen LogP contribution in [0.2, 0.25) is 0 Å². The zero-order valence-corrected chi connectivity index (χ0v) is 12.9. The van der Waals surface area contributed by atoms with Crippen molar-refractivity contribution in [3.63, 3.8) is 0 Å². The molecule has 3 heterocycles. The van der Waals surface area contributed by atoms with Crippen LogP contribution in [0.3, 0.4) is 0 Å². The van der Waals surface area contributed by atoms with Gasteiger partial charge in [-0.2, -0.15) is 9.97 Å². The molecule has 3 aromatic rings. The SMILES string of the molecule is O=C1Cc2cc(Nc3nc(NC4CC4)c4cc[nH]c4n3)ccc2N1. The fraction of sp³-hybridized carbons (Fsp3) is 0.235. The monoisotopic (exact) mass is 320 g/mol. The van der Waals surface area contributed by atoms with Gasteiger partial charge in [0.05, 0.1) is 11.8 Å². The Bertz CT molecular complexity index is 959. The fourth-order valence-corrected chi connectivity index (χ4v) is 2.96. The van der Waals surface area contributed by atoms with Crippen LogP contribution in [0.1, 0.15) is 18.4 Å². The maximum absolute atomic E-state index is 11.5. The maximum Gasteiger partial charge on any atom is 0.231 e. The zero-order valence-electron chi connectivity index (χ0n) is 12.9. The highest BCUT2D eigenvalue weighted by Gasteiger charge is 2.23. The largest absolute Gasteiger partial charge is 0.367 e. The third-order valence-corrected chi connectivity index (χ3v) is 4.32.